The zero-order valence-electron chi connectivity index (χ0n) is 10.6. The molecule has 0 aromatic rings. The Morgan fingerprint density at radius 1 is 1.41 bits per heavy atom. The SMILES string of the molecule is C=CC(=O)OC(CC)(OC)C(Br)(Br)CCCC. The fraction of sp³-hybridized carbons (Fsp3) is 0.750. The first kappa shape index (κ1) is 17.1. The van der Waals surface area contributed by atoms with Gasteiger partial charge in [0.05, 0.1) is 0 Å². The van der Waals surface area contributed by atoms with E-state index in [2.05, 4.69) is 45.4 Å². The van der Waals surface area contributed by atoms with Gasteiger partial charge in [-0.1, -0.05) is 65.1 Å². The summed E-state index contributed by atoms with van der Waals surface area (Å²) in [5, 5.41) is 0. The molecule has 0 aromatic heterocycles. The molecule has 0 fully saturated rings. The van der Waals surface area contributed by atoms with Crippen LogP contribution in [0.4, 0.5) is 0 Å². The fourth-order valence-electron chi connectivity index (χ4n) is 1.53. The molecule has 17 heavy (non-hydrogen) atoms. The highest BCUT2D eigenvalue weighted by molar-refractivity contribution is 9.25. The molecule has 0 aliphatic heterocycles. The summed E-state index contributed by atoms with van der Waals surface area (Å²) in [6.07, 6.45) is 4.50. The summed E-state index contributed by atoms with van der Waals surface area (Å²) in [6, 6.07) is 0. The first-order chi connectivity index (χ1) is 7.89. The van der Waals surface area contributed by atoms with Gasteiger partial charge in [-0.3, -0.25) is 0 Å². The van der Waals surface area contributed by atoms with E-state index in [1.807, 2.05) is 6.92 Å². The van der Waals surface area contributed by atoms with E-state index < -0.39 is 15.0 Å². The highest BCUT2D eigenvalue weighted by Gasteiger charge is 2.50. The van der Waals surface area contributed by atoms with Crippen LogP contribution in [0, 0.1) is 0 Å². The number of carbonyl (C=O) groups is 1. The van der Waals surface area contributed by atoms with Crippen LogP contribution in [0.15, 0.2) is 12.7 Å². The Labute approximate surface area is 120 Å². The average Bonchev–Trinajstić information content (AvgIpc) is 2.32. The molecule has 0 aliphatic carbocycles. The molecule has 0 amide bonds. The van der Waals surface area contributed by atoms with Crippen molar-refractivity contribution in [3.8, 4) is 0 Å². The lowest BCUT2D eigenvalue weighted by molar-refractivity contribution is -0.221. The largest absolute Gasteiger partial charge is 0.427 e. The number of carbonyl (C=O) groups excluding carboxylic acids is 1. The van der Waals surface area contributed by atoms with Gasteiger partial charge in [-0.25, -0.2) is 4.79 Å². The second kappa shape index (κ2) is 7.54. The molecule has 0 spiro atoms. The number of hydrogen-bond acceptors (Lipinski definition) is 3. The lowest BCUT2D eigenvalue weighted by atomic mass is 10.0. The third-order valence-corrected chi connectivity index (χ3v) is 4.63. The predicted molar refractivity (Wildman–Crippen MR) is 76.4 cm³/mol. The van der Waals surface area contributed by atoms with Crippen LogP contribution >= 0.6 is 31.9 Å². The van der Waals surface area contributed by atoms with Crippen LogP contribution in [-0.4, -0.2) is 22.1 Å². The molecular weight excluding hydrogens is 352 g/mol. The van der Waals surface area contributed by atoms with Gasteiger partial charge >= 0.3 is 5.97 Å². The van der Waals surface area contributed by atoms with Crippen LogP contribution in [0.3, 0.4) is 0 Å². The number of methoxy groups -OCH3 is 1. The van der Waals surface area contributed by atoms with Crippen LogP contribution in [-0.2, 0) is 14.3 Å². The van der Waals surface area contributed by atoms with Gasteiger partial charge < -0.3 is 9.47 Å². The molecular formula is C12H20Br2O3. The highest BCUT2D eigenvalue weighted by Crippen LogP contribution is 2.46. The molecule has 0 bridgehead atoms. The Morgan fingerprint density at radius 2 is 2.00 bits per heavy atom. The van der Waals surface area contributed by atoms with Gasteiger partial charge in [0.1, 0.15) is 3.23 Å². The van der Waals surface area contributed by atoms with Gasteiger partial charge in [-0.2, -0.15) is 0 Å². The van der Waals surface area contributed by atoms with Crippen molar-refractivity contribution in [1.82, 2.24) is 0 Å². The molecule has 0 saturated heterocycles. The summed E-state index contributed by atoms with van der Waals surface area (Å²) in [5.74, 6) is -1.53. The van der Waals surface area contributed by atoms with E-state index >= 15 is 0 Å². The van der Waals surface area contributed by atoms with Crippen LogP contribution in [0.25, 0.3) is 0 Å². The molecule has 3 nitrogen and oxygen atoms in total. The molecule has 100 valence electrons. The second-order valence-corrected chi connectivity index (χ2v) is 7.52. The zero-order valence-corrected chi connectivity index (χ0v) is 13.8. The number of alkyl halides is 2. The van der Waals surface area contributed by atoms with E-state index in [0.717, 1.165) is 25.3 Å². The van der Waals surface area contributed by atoms with Crippen molar-refractivity contribution in [3.05, 3.63) is 12.7 Å². The van der Waals surface area contributed by atoms with Crippen molar-refractivity contribution in [2.45, 2.75) is 48.6 Å². The van der Waals surface area contributed by atoms with E-state index in [1.54, 1.807) is 0 Å². The minimum absolute atomic E-state index is 0.492. The Hall–Kier alpha value is 0.130. The smallest absolute Gasteiger partial charge is 0.332 e. The number of rotatable bonds is 8. The van der Waals surface area contributed by atoms with Crippen molar-refractivity contribution < 1.29 is 14.3 Å². The van der Waals surface area contributed by atoms with Crippen molar-refractivity contribution in [1.29, 1.82) is 0 Å². The van der Waals surface area contributed by atoms with E-state index in [0.29, 0.717) is 6.42 Å². The van der Waals surface area contributed by atoms with Crippen molar-refractivity contribution in [3.63, 3.8) is 0 Å². The standard InChI is InChI=1S/C12H20Br2O3/c1-5-8-9-11(13,14)12(7-3,16-4)17-10(15)6-2/h6H,2,5,7-9H2,1,3-4H3. The number of hydrogen-bond donors (Lipinski definition) is 0. The van der Waals surface area contributed by atoms with Gasteiger partial charge in [0.25, 0.3) is 0 Å². The minimum Gasteiger partial charge on any atom is -0.427 e. The maximum atomic E-state index is 11.4. The van der Waals surface area contributed by atoms with E-state index in [1.165, 1.54) is 7.11 Å². The lowest BCUT2D eigenvalue weighted by Crippen LogP contribution is -2.50. The maximum Gasteiger partial charge on any atom is 0.332 e. The van der Waals surface area contributed by atoms with Crippen LogP contribution in [0.1, 0.15) is 39.5 Å². The Morgan fingerprint density at radius 3 is 2.35 bits per heavy atom. The van der Waals surface area contributed by atoms with Crippen molar-refractivity contribution in [2.24, 2.45) is 0 Å². The molecule has 0 saturated carbocycles. The molecule has 0 radical (unpaired) electrons. The number of esters is 1. The van der Waals surface area contributed by atoms with Gasteiger partial charge in [-0.15, -0.1) is 0 Å². The van der Waals surface area contributed by atoms with Crippen LogP contribution in [0.5, 0.6) is 0 Å². The number of unbranched alkanes of at least 4 members (excludes halogenated alkanes) is 1. The summed E-state index contributed by atoms with van der Waals surface area (Å²) in [5.41, 5.74) is 0. The minimum atomic E-state index is -1.03. The predicted octanol–water partition coefficient (Wildman–Crippen LogP) is 4.14. The monoisotopic (exact) mass is 370 g/mol. The average molecular weight is 372 g/mol. The molecule has 0 rings (SSSR count). The molecule has 0 aliphatic rings. The van der Waals surface area contributed by atoms with Gasteiger partial charge in [0.2, 0.25) is 5.79 Å². The quantitative estimate of drug-likeness (QED) is 0.278. The summed E-state index contributed by atoms with van der Waals surface area (Å²) >= 11 is 7.13. The van der Waals surface area contributed by atoms with E-state index in [9.17, 15) is 4.79 Å². The third-order valence-electron chi connectivity index (χ3n) is 2.63. The van der Waals surface area contributed by atoms with Gasteiger partial charge in [-0.05, 0) is 6.42 Å². The van der Waals surface area contributed by atoms with Gasteiger partial charge in [0.15, 0.2) is 0 Å². The first-order valence-electron chi connectivity index (χ1n) is 5.67. The number of ether oxygens (including phenoxy) is 2. The normalized spacial score (nSPS) is 15.1. The fourth-order valence-corrected chi connectivity index (χ4v) is 3.14. The van der Waals surface area contributed by atoms with Crippen molar-refractivity contribution in [2.75, 3.05) is 7.11 Å². The van der Waals surface area contributed by atoms with E-state index in [-0.39, 0.29) is 0 Å². The molecule has 5 heteroatoms. The highest BCUT2D eigenvalue weighted by atomic mass is 79.9. The van der Waals surface area contributed by atoms with Crippen molar-refractivity contribution >= 4 is 37.8 Å². The molecule has 0 aromatic carbocycles. The molecule has 1 atom stereocenters. The third kappa shape index (κ3) is 4.38. The van der Waals surface area contributed by atoms with Crippen LogP contribution in [0.2, 0.25) is 0 Å². The summed E-state index contributed by atoms with van der Waals surface area (Å²) < 4.78 is 10.2. The number of halogens is 2. The topological polar surface area (TPSA) is 35.5 Å². The summed E-state index contributed by atoms with van der Waals surface area (Å²) in [6.45, 7) is 7.41. The summed E-state index contributed by atoms with van der Waals surface area (Å²) in [4.78, 5) is 11.4. The molecule has 0 heterocycles. The molecule has 1 unspecified atom stereocenters. The van der Waals surface area contributed by atoms with Crippen LogP contribution < -0.4 is 0 Å². The zero-order chi connectivity index (χ0) is 13.5. The second-order valence-electron chi connectivity index (χ2n) is 3.74. The van der Waals surface area contributed by atoms with Gasteiger partial charge in [0, 0.05) is 19.6 Å². The maximum absolute atomic E-state index is 11.4. The Kier molecular flexibility index (Phi) is 7.60. The Balaban J connectivity index is 5.01. The first-order valence-corrected chi connectivity index (χ1v) is 7.26. The Bertz CT molecular complexity index is 260. The molecule has 0 N–H and O–H groups in total. The van der Waals surface area contributed by atoms with E-state index in [4.69, 9.17) is 9.47 Å². The summed E-state index contributed by atoms with van der Waals surface area (Å²) in [7, 11) is 1.53. The lowest BCUT2D eigenvalue weighted by Gasteiger charge is -2.40.